The molecule has 2 aromatic rings. The van der Waals surface area contributed by atoms with Crippen molar-refractivity contribution in [1.29, 1.82) is 0 Å². The molecule has 2 aromatic heterocycles. The van der Waals surface area contributed by atoms with Gasteiger partial charge >= 0.3 is 0 Å². The number of amides is 1. The molecule has 3 rings (SSSR count). The van der Waals surface area contributed by atoms with Crippen molar-refractivity contribution in [1.82, 2.24) is 35.6 Å². The Balaban J connectivity index is 1.83. The van der Waals surface area contributed by atoms with Crippen molar-refractivity contribution in [2.24, 2.45) is 11.0 Å². The fourth-order valence-electron chi connectivity index (χ4n) is 3.33. The zero-order valence-electron chi connectivity index (χ0n) is 16.3. The van der Waals surface area contributed by atoms with Crippen LogP contribution in [0, 0.1) is 5.92 Å². The lowest BCUT2D eigenvalue weighted by molar-refractivity contribution is 0.0944. The van der Waals surface area contributed by atoms with Gasteiger partial charge in [0.15, 0.2) is 5.69 Å². The standard InChI is InChI=1S/C17H27N9O2/c1-3-25(4-2)11-13-14(26(24-20-13)16-15(18)22-28-23-16)17(27)21-19-10-12-8-6-5-7-9-12/h10,12H,3-9,11H2,1-2H3,(H2,18,22)(H,21,27). The van der Waals surface area contributed by atoms with Crippen molar-refractivity contribution >= 4 is 17.9 Å². The van der Waals surface area contributed by atoms with Crippen LogP contribution < -0.4 is 11.2 Å². The van der Waals surface area contributed by atoms with Crippen LogP contribution >= 0.6 is 0 Å². The van der Waals surface area contributed by atoms with Crippen molar-refractivity contribution in [3.63, 3.8) is 0 Å². The number of carbonyl (C=O) groups excluding carboxylic acids is 1. The van der Waals surface area contributed by atoms with E-state index in [1.807, 2.05) is 20.1 Å². The third kappa shape index (κ3) is 4.53. The highest BCUT2D eigenvalue weighted by Crippen LogP contribution is 2.22. The average molecular weight is 389 g/mol. The maximum atomic E-state index is 12.9. The minimum atomic E-state index is -0.429. The molecule has 0 bridgehead atoms. The number of hydrazone groups is 1. The van der Waals surface area contributed by atoms with Gasteiger partial charge in [0.1, 0.15) is 5.69 Å². The summed E-state index contributed by atoms with van der Waals surface area (Å²) in [4.78, 5) is 15.0. The molecule has 0 aliphatic heterocycles. The minimum Gasteiger partial charge on any atom is -0.378 e. The van der Waals surface area contributed by atoms with Gasteiger partial charge in [0, 0.05) is 12.8 Å². The van der Waals surface area contributed by atoms with Crippen LogP contribution in [-0.2, 0) is 6.54 Å². The van der Waals surface area contributed by atoms with Crippen LogP contribution in [0.4, 0.5) is 5.82 Å². The van der Waals surface area contributed by atoms with Crippen LogP contribution in [0.15, 0.2) is 9.73 Å². The molecule has 11 heteroatoms. The van der Waals surface area contributed by atoms with E-state index < -0.39 is 5.91 Å². The van der Waals surface area contributed by atoms with Crippen molar-refractivity contribution in [2.45, 2.75) is 52.5 Å². The molecule has 152 valence electrons. The molecule has 11 nitrogen and oxygen atoms in total. The van der Waals surface area contributed by atoms with E-state index >= 15 is 0 Å². The molecule has 0 unspecified atom stereocenters. The Bertz CT molecular complexity index is 803. The van der Waals surface area contributed by atoms with Crippen LogP contribution in [0.25, 0.3) is 5.82 Å². The molecule has 1 fully saturated rings. The summed E-state index contributed by atoms with van der Waals surface area (Å²) in [6.45, 7) is 6.19. The van der Waals surface area contributed by atoms with Gasteiger partial charge in [-0.1, -0.05) is 38.3 Å². The number of hydrogen-bond acceptors (Lipinski definition) is 9. The highest BCUT2D eigenvalue weighted by molar-refractivity contribution is 5.94. The van der Waals surface area contributed by atoms with Gasteiger partial charge < -0.3 is 5.73 Å². The first-order valence-corrected chi connectivity index (χ1v) is 9.72. The van der Waals surface area contributed by atoms with Gasteiger partial charge in [0.25, 0.3) is 5.91 Å². The number of carbonyl (C=O) groups is 1. The maximum absolute atomic E-state index is 12.9. The second kappa shape index (κ2) is 9.40. The molecular weight excluding hydrogens is 362 g/mol. The molecule has 28 heavy (non-hydrogen) atoms. The molecule has 0 atom stereocenters. The van der Waals surface area contributed by atoms with E-state index in [-0.39, 0.29) is 17.3 Å². The molecular formula is C17H27N9O2. The van der Waals surface area contributed by atoms with E-state index in [4.69, 9.17) is 5.73 Å². The zero-order valence-corrected chi connectivity index (χ0v) is 16.3. The van der Waals surface area contributed by atoms with E-state index in [0.717, 1.165) is 25.9 Å². The van der Waals surface area contributed by atoms with Crippen molar-refractivity contribution < 1.29 is 9.42 Å². The summed E-state index contributed by atoms with van der Waals surface area (Å²) < 4.78 is 5.89. The summed E-state index contributed by atoms with van der Waals surface area (Å²) in [7, 11) is 0. The third-order valence-electron chi connectivity index (χ3n) is 5.02. The second-order valence-electron chi connectivity index (χ2n) is 6.85. The van der Waals surface area contributed by atoms with Gasteiger partial charge in [0.05, 0.1) is 0 Å². The molecule has 0 spiro atoms. The fourth-order valence-corrected chi connectivity index (χ4v) is 3.33. The van der Waals surface area contributed by atoms with Gasteiger partial charge in [0.2, 0.25) is 11.6 Å². The quantitative estimate of drug-likeness (QED) is 0.509. The first-order valence-electron chi connectivity index (χ1n) is 9.72. The van der Waals surface area contributed by atoms with Gasteiger partial charge in [-0.3, -0.25) is 9.69 Å². The van der Waals surface area contributed by atoms with Gasteiger partial charge in [-0.05, 0) is 42.2 Å². The summed E-state index contributed by atoms with van der Waals surface area (Å²) in [5, 5.41) is 19.6. The number of rotatable bonds is 8. The number of nitrogen functional groups attached to an aromatic ring is 1. The molecule has 0 saturated heterocycles. The largest absolute Gasteiger partial charge is 0.378 e. The second-order valence-corrected chi connectivity index (χ2v) is 6.85. The summed E-state index contributed by atoms with van der Waals surface area (Å²) in [6.07, 6.45) is 7.70. The fraction of sp³-hybridized carbons (Fsp3) is 0.647. The maximum Gasteiger partial charge on any atom is 0.292 e. The van der Waals surface area contributed by atoms with Gasteiger partial charge in [-0.15, -0.1) is 5.10 Å². The average Bonchev–Trinajstić information content (AvgIpc) is 3.32. The van der Waals surface area contributed by atoms with E-state index in [1.165, 1.54) is 23.9 Å². The topological polar surface area (TPSA) is 140 Å². The molecule has 1 amide bonds. The van der Waals surface area contributed by atoms with Gasteiger partial charge in [-0.2, -0.15) is 9.78 Å². The smallest absolute Gasteiger partial charge is 0.292 e. The summed E-state index contributed by atoms with van der Waals surface area (Å²) in [5.74, 6) is 0.128. The minimum absolute atomic E-state index is 0.0269. The Morgan fingerprint density at radius 3 is 2.71 bits per heavy atom. The molecule has 1 aliphatic rings. The molecule has 0 radical (unpaired) electrons. The van der Waals surface area contributed by atoms with E-state index in [0.29, 0.717) is 18.2 Å². The highest BCUT2D eigenvalue weighted by atomic mass is 16.6. The van der Waals surface area contributed by atoms with Crippen molar-refractivity contribution in [3.05, 3.63) is 11.4 Å². The molecule has 3 N–H and O–H groups in total. The van der Waals surface area contributed by atoms with E-state index in [1.54, 1.807) is 0 Å². The van der Waals surface area contributed by atoms with Gasteiger partial charge in [-0.25, -0.2) is 10.1 Å². The zero-order chi connectivity index (χ0) is 19.9. The Morgan fingerprint density at radius 1 is 1.32 bits per heavy atom. The Hall–Kier alpha value is -2.82. The number of anilines is 1. The van der Waals surface area contributed by atoms with Crippen LogP contribution in [0.1, 0.15) is 62.1 Å². The van der Waals surface area contributed by atoms with Crippen LogP contribution in [0.5, 0.6) is 0 Å². The number of aromatic nitrogens is 5. The van der Waals surface area contributed by atoms with E-state index in [9.17, 15) is 4.79 Å². The van der Waals surface area contributed by atoms with Crippen LogP contribution in [0.3, 0.4) is 0 Å². The SMILES string of the molecule is CCN(CC)Cc1nnn(-c2nonc2N)c1C(=O)NN=CC1CCCCC1. The normalized spacial score (nSPS) is 15.5. The number of nitrogens with zero attached hydrogens (tertiary/aromatic N) is 7. The van der Waals surface area contributed by atoms with E-state index in [2.05, 4.69) is 40.7 Å². The predicted molar refractivity (Wildman–Crippen MR) is 103 cm³/mol. The lowest BCUT2D eigenvalue weighted by Crippen LogP contribution is -2.27. The van der Waals surface area contributed by atoms with Crippen LogP contribution in [-0.4, -0.2) is 55.4 Å². The summed E-state index contributed by atoms with van der Waals surface area (Å²) in [6, 6.07) is 0. The Labute approximate surface area is 163 Å². The highest BCUT2D eigenvalue weighted by Gasteiger charge is 2.25. The predicted octanol–water partition coefficient (Wildman–Crippen LogP) is 1.37. The molecule has 1 aliphatic carbocycles. The Kier molecular flexibility index (Phi) is 6.69. The number of nitrogens with two attached hydrogens (primary N) is 1. The lowest BCUT2D eigenvalue weighted by Gasteiger charge is -2.17. The number of hydrogen-bond donors (Lipinski definition) is 2. The molecule has 0 aromatic carbocycles. The third-order valence-corrected chi connectivity index (χ3v) is 5.02. The molecule has 2 heterocycles. The summed E-state index contributed by atoms with van der Waals surface area (Å²) >= 11 is 0. The summed E-state index contributed by atoms with van der Waals surface area (Å²) in [5.41, 5.74) is 9.10. The lowest BCUT2D eigenvalue weighted by atomic mass is 9.90. The first-order chi connectivity index (χ1) is 13.6. The molecule has 1 saturated carbocycles. The monoisotopic (exact) mass is 389 g/mol. The van der Waals surface area contributed by atoms with Crippen LogP contribution in [0.2, 0.25) is 0 Å². The van der Waals surface area contributed by atoms with Crippen molar-refractivity contribution in [2.75, 3.05) is 18.8 Å². The van der Waals surface area contributed by atoms with Crippen molar-refractivity contribution in [3.8, 4) is 5.82 Å². The first kappa shape index (κ1) is 19.9. The number of nitrogens with one attached hydrogen (secondary N) is 1. The Morgan fingerprint density at radius 2 is 2.07 bits per heavy atom.